The van der Waals surface area contributed by atoms with Gasteiger partial charge in [0.2, 0.25) is 0 Å². The van der Waals surface area contributed by atoms with Crippen LogP contribution in [0, 0.1) is 0 Å². The summed E-state index contributed by atoms with van der Waals surface area (Å²) in [6.45, 7) is 0.485. The second kappa shape index (κ2) is 10.7. The molecule has 0 bridgehead atoms. The fraction of sp³-hybridized carbons (Fsp3) is 0.0833. The quantitative estimate of drug-likeness (QED) is 0.258. The topological polar surface area (TPSA) is 46.6 Å². The number of carbonyl (C=O) groups excluding carboxylic acids is 2. The van der Waals surface area contributed by atoms with Crippen molar-refractivity contribution in [3.63, 3.8) is 0 Å². The van der Waals surface area contributed by atoms with E-state index in [4.69, 9.17) is 27.9 Å². The van der Waals surface area contributed by atoms with Crippen LogP contribution in [0.15, 0.2) is 74.5 Å². The van der Waals surface area contributed by atoms with Gasteiger partial charge in [0, 0.05) is 14.5 Å². The monoisotopic (exact) mass is 625 g/mol. The summed E-state index contributed by atoms with van der Waals surface area (Å²) >= 11 is 19.8. The van der Waals surface area contributed by atoms with Gasteiger partial charge in [-0.15, -0.1) is 0 Å². The van der Waals surface area contributed by atoms with E-state index in [1.54, 1.807) is 24.3 Å². The molecule has 1 heterocycles. The predicted octanol–water partition coefficient (Wildman–Crippen LogP) is 8.33. The van der Waals surface area contributed by atoms with Gasteiger partial charge in [0.15, 0.2) is 0 Å². The van der Waals surface area contributed by atoms with Crippen molar-refractivity contribution in [1.29, 1.82) is 0 Å². The number of thioether (sulfide) groups is 1. The molecule has 1 aliphatic heterocycles. The van der Waals surface area contributed by atoms with Crippen LogP contribution >= 0.6 is 66.8 Å². The Labute approximate surface area is 222 Å². The number of benzene rings is 3. The summed E-state index contributed by atoms with van der Waals surface area (Å²) < 4.78 is 7.75. The third-order valence-electron chi connectivity index (χ3n) is 4.76. The van der Waals surface area contributed by atoms with Crippen LogP contribution in [-0.2, 0) is 17.9 Å². The second-order valence-electron chi connectivity index (χ2n) is 7.11. The van der Waals surface area contributed by atoms with Gasteiger partial charge in [-0.3, -0.25) is 14.5 Å². The normalized spacial score (nSPS) is 14.9. The number of rotatable bonds is 6. The van der Waals surface area contributed by atoms with Gasteiger partial charge in [-0.25, -0.2) is 0 Å². The van der Waals surface area contributed by atoms with E-state index in [9.17, 15) is 9.59 Å². The molecule has 0 saturated carbocycles. The Hall–Kier alpha value is -1.77. The van der Waals surface area contributed by atoms with E-state index in [0.717, 1.165) is 31.8 Å². The molecule has 0 N–H and O–H groups in total. The van der Waals surface area contributed by atoms with Gasteiger partial charge < -0.3 is 4.74 Å². The van der Waals surface area contributed by atoms with E-state index in [0.29, 0.717) is 26.3 Å². The Balaban J connectivity index is 1.54. The lowest BCUT2D eigenvalue weighted by Gasteiger charge is -2.13. The zero-order valence-electron chi connectivity index (χ0n) is 16.9. The zero-order chi connectivity index (χ0) is 23.5. The second-order valence-corrected chi connectivity index (χ2v) is 10.8. The molecule has 3 aromatic carbocycles. The van der Waals surface area contributed by atoms with Crippen LogP contribution in [0.3, 0.4) is 0 Å². The molecule has 4 nitrogen and oxygen atoms in total. The van der Waals surface area contributed by atoms with Crippen molar-refractivity contribution in [2.24, 2.45) is 0 Å². The molecule has 3 aromatic rings. The van der Waals surface area contributed by atoms with E-state index in [2.05, 4.69) is 31.9 Å². The van der Waals surface area contributed by atoms with Crippen molar-refractivity contribution in [2.75, 3.05) is 0 Å². The molecule has 1 fully saturated rings. The smallest absolute Gasteiger partial charge is 0.293 e. The number of amides is 2. The minimum absolute atomic E-state index is 0.217. The Bertz CT molecular complexity index is 1270. The van der Waals surface area contributed by atoms with Crippen molar-refractivity contribution in [3.05, 3.63) is 101 Å². The van der Waals surface area contributed by atoms with Crippen molar-refractivity contribution in [1.82, 2.24) is 4.90 Å². The Morgan fingerprint density at radius 3 is 2.30 bits per heavy atom. The molecule has 0 radical (unpaired) electrons. The number of imide groups is 1. The number of nitrogens with zero attached hydrogens (tertiary/aromatic N) is 1. The van der Waals surface area contributed by atoms with Crippen LogP contribution in [0.1, 0.15) is 16.7 Å². The number of hydrogen-bond donors (Lipinski definition) is 0. The van der Waals surface area contributed by atoms with E-state index >= 15 is 0 Å². The van der Waals surface area contributed by atoms with Gasteiger partial charge in [-0.1, -0.05) is 73.3 Å². The summed E-state index contributed by atoms with van der Waals surface area (Å²) in [6.07, 6.45) is 1.68. The summed E-state index contributed by atoms with van der Waals surface area (Å²) in [7, 11) is 0. The third kappa shape index (κ3) is 6.03. The van der Waals surface area contributed by atoms with Gasteiger partial charge in [0.25, 0.3) is 11.1 Å². The number of hydrogen-bond acceptors (Lipinski definition) is 4. The largest absolute Gasteiger partial charge is 0.488 e. The van der Waals surface area contributed by atoms with Crippen LogP contribution in [-0.4, -0.2) is 16.0 Å². The highest BCUT2D eigenvalue weighted by atomic mass is 79.9. The van der Waals surface area contributed by atoms with Crippen molar-refractivity contribution < 1.29 is 14.3 Å². The lowest BCUT2D eigenvalue weighted by molar-refractivity contribution is -0.123. The molecule has 2 amide bonds. The molecule has 168 valence electrons. The van der Waals surface area contributed by atoms with Gasteiger partial charge in [0.1, 0.15) is 12.4 Å². The number of halogens is 4. The summed E-state index contributed by atoms with van der Waals surface area (Å²) in [5.41, 5.74) is 2.40. The van der Waals surface area contributed by atoms with E-state index in [1.807, 2.05) is 42.5 Å². The van der Waals surface area contributed by atoms with E-state index in [1.165, 1.54) is 4.90 Å². The van der Waals surface area contributed by atoms with Crippen molar-refractivity contribution >= 4 is 84.0 Å². The first-order chi connectivity index (χ1) is 15.8. The lowest BCUT2D eigenvalue weighted by atomic mass is 10.1. The summed E-state index contributed by atoms with van der Waals surface area (Å²) in [5, 5.41) is 0.624. The highest BCUT2D eigenvalue weighted by molar-refractivity contribution is 9.10. The maximum absolute atomic E-state index is 13.0. The minimum Gasteiger partial charge on any atom is -0.488 e. The lowest BCUT2D eigenvalue weighted by Crippen LogP contribution is -2.27. The molecule has 1 saturated heterocycles. The molecule has 1 aliphatic rings. The highest BCUT2D eigenvalue weighted by Crippen LogP contribution is 2.36. The standard InChI is InChI=1S/C24H15Br2Cl2NO3S/c25-17-4-1-14(2-5-17)12-29-23(30)22(33-24(29)31)11-16-10-18(26)6-8-21(16)32-13-15-3-7-19(27)20(28)9-15/h1-11H,12-13H2/b22-11-. The van der Waals surface area contributed by atoms with Crippen LogP contribution in [0.4, 0.5) is 4.79 Å². The van der Waals surface area contributed by atoms with Gasteiger partial charge in [0.05, 0.1) is 21.5 Å². The summed E-state index contributed by atoms with van der Waals surface area (Å²) in [6, 6.07) is 18.3. The molecule has 9 heteroatoms. The van der Waals surface area contributed by atoms with Gasteiger partial charge in [-0.2, -0.15) is 0 Å². The molecule has 0 atom stereocenters. The fourth-order valence-electron chi connectivity index (χ4n) is 3.10. The summed E-state index contributed by atoms with van der Waals surface area (Å²) in [4.78, 5) is 27.1. The van der Waals surface area contributed by atoms with Gasteiger partial charge >= 0.3 is 0 Å². The van der Waals surface area contributed by atoms with Gasteiger partial charge in [-0.05, 0) is 71.4 Å². The minimum atomic E-state index is -0.330. The first-order valence-electron chi connectivity index (χ1n) is 9.66. The molecule has 0 unspecified atom stereocenters. The van der Waals surface area contributed by atoms with Crippen molar-refractivity contribution in [3.8, 4) is 5.75 Å². The Morgan fingerprint density at radius 1 is 0.879 bits per heavy atom. The van der Waals surface area contributed by atoms with Crippen LogP contribution < -0.4 is 4.74 Å². The molecule has 0 aliphatic carbocycles. The molecule has 33 heavy (non-hydrogen) atoms. The van der Waals surface area contributed by atoms with E-state index < -0.39 is 0 Å². The molecule has 0 spiro atoms. The first kappa shape index (κ1) is 24.4. The van der Waals surface area contributed by atoms with Crippen molar-refractivity contribution in [2.45, 2.75) is 13.2 Å². The molecular formula is C24H15Br2Cl2NO3S. The number of carbonyl (C=O) groups is 2. The average Bonchev–Trinajstić information content (AvgIpc) is 3.04. The molecular weight excluding hydrogens is 613 g/mol. The van der Waals surface area contributed by atoms with Crippen LogP contribution in [0.25, 0.3) is 6.08 Å². The molecule has 0 aromatic heterocycles. The SMILES string of the molecule is O=C1S/C(=C\c2cc(Br)ccc2OCc2ccc(Cl)c(Cl)c2)C(=O)N1Cc1ccc(Br)cc1. The number of ether oxygens (including phenoxy) is 1. The highest BCUT2D eigenvalue weighted by Gasteiger charge is 2.35. The Morgan fingerprint density at radius 2 is 1.58 bits per heavy atom. The summed E-state index contributed by atoms with van der Waals surface area (Å²) in [5.74, 6) is 0.243. The van der Waals surface area contributed by atoms with Crippen LogP contribution in [0.2, 0.25) is 10.0 Å². The average molecular weight is 628 g/mol. The fourth-order valence-corrected chi connectivity index (χ4v) is 4.90. The zero-order valence-corrected chi connectivity index (χ0v) is 22.4. The van der Waals surface area contributed by atoms with Crippen LogP contribution in [0.5, 0.6) is 5.75 Å². The predicted molar refractivity (Wildman–Crippen MR) is 141 cm³/mol. The maximum Gasteiger partial charge on any atom is 0.293 e. The van der Waals surface area contributed by atoms with E-state index in [-0.39, 0.29) is 24.3 Å². The maximum atomic E-state index is 13.0. The molecule has 4 rings (SSSR count). The first-order valence-corrected chi connectivity index (χ1v) is 12.8. The third-order valence-corrected chi connectivity index (χ3v) is 7.43. The Kier molecular flexibility index (Phi) is 7.87.